The van der Waals surface area contributed by atoms with Crippen molar-refractivity contribution in [1.29, 1.82) is 0 Å². The molecule has 0 spiro atoms. The molecule has 8 heteroatoms. The minimum absolute atomic E-state index is 0.00990. The van der Waals surface area contributed by atoms with Gasteiger partial charge in [-0.15, -0.1) is 0 Å². The van der Waals surface area contributed by atoms with E-state index in [0.29, 0.717) is 5.02 Å². The van der Waals surface area contributed by atoms with Crippen LogP contribution in [0.25, 0.3) is 0 Å². The SMILES string of the molecule is Cc1oc(CNS(=O)(=O)c2ccc(Cl)cc2)cc1C(=O)O. The Balaban J connectivity index is 2.13. The summed E-state index contributed by atoms with van der Waals surface area (Å²) in [5.41, 5.74) is 0.00990. The van der Waals surface area contributed by atoms with E-state index in [9.17, 15) is 13.2 Å². The number of furan rings is 1. The van der Waals surface area contributed by atoms with Crippen LogP contribution in [0.15, 0.2) is 39.6 Å². The van der Waals surface area contributed by atoms with Gasteiger partial charge in [0.2, 0.25) is 10.0 Å². The van der Waals surface area contributed by atoms with Crippen LogP contribution in [0, 0.1) is 6.92 Å². The molecule has 0 saturated heterocycles. The van der Waals surface area contributed by atoms with Crippen LogP contribution < -0.4 is 4.72 Å². The van der Waals surface area contributed by atoms with E-state index < -0.39 is 16.0 Å². The average molecular weight is 330 g/mol. The lowest BCUT2D eigenvalue weighted by Gasteiger charge is -2.05. The molecule has 0 aliphatic rings. The number of sulfonamides is 1. The van der Waals surface area contributed by atoms with Crippen molar-refractivity contribution in [3.8, 4) is 0 Å². The summed E-state index contributed by atoms with van der Waals surface area (Å²) in [5, 5.41) is 9.33. The standard InChI is InChI=1S/C13H12ClNO5S/c1-8-12(13(16)17)6-10(20-8)7-15-21(18,19)11-4-2-9(14)3-5-11/h2-6,15H,7H2,1H3,(H,16,17). The first-order valence-corrected chi connectivity index (χ1v) is 7.73. The Kier molecular flexibility index (Phi) is 4.36. The summed E-state index contributed by atoms with van der Waals surface area (Å²) in [7, 11) is -3.72. The van der Waals surface area contributed by atoms with Gasteiger partial charge in [0.25, 0.3) is 0 Å². The highest BCUT2D eigenvalue weighted by Gasteiger charge is 2.17. The van der Waals surface area contributed by atoms with Crippen LogP contribution in [0.1, 0.15) is 21.9 Å². The monoisotopic (exact) mass is 329 g/mol. The van der Waals surface area contributed by atoms with Crippen LogP contribution in [-0.4, -0.2) is 19.5 Å². The number of rotatable bonds is 5. The molecule has 0 atom stereocenters. The smallest absolute Gasteiger partial charge is 0.339 e. The Hall–Kier alpha value is -1.83. The number of benzene rings is 1. The van der Waals surface area contributed by atoms with Gasteiger partial charge >= 0.3 is 5.97 Å². The molecule has 0 saturated carbocycles. The lowest BCUT2D eigenvalue weighted by molar-refractivity contribution is 0.0695. The first kappa shape index (κ1) is 15.6. The molecule has 0 aliphatic carbocycles. The normalized spacial score (nSPS) is 11.5. The van der Waals surface area contributed by atoms with Crippen molar-refractivity contribution in [2.75, 3.05) is 0 Å². The number of halogens is 1. The van der Waals surface area contributed by atoms with E-state index in [0.717, 1.165) is 0 Å². The largest absolute Gasteiger partial charge is 0.478 e. The summed E-state index contributed by atoms with van der Waals surface area (Å²) < 4.78 is 31.6. The maximum Gasteiger partial charge on any atom is 0.339 e. The summed E-state index contributed by atoms with van der Waals surface area (Å²) >= 11 is 5.70. The van der Waals surface area contributed by atoms with Crippen LogP contribution in [-0.2, 0) is 16.6 Å². The molecular formula is C13H12ClNO5S. The van der Waals surface area contributed by atoms with Crippen molar-refractivity contribution < 1.29 is 22.7 Å². The molecule has 1 heterocycles. The predicted molar refractivity (Wildman–Crippen MR) is 75.9 cm³/mol. The van der Waals surface area contributed by atoms with Gasteiger partial charge in [-0.1, -0.05) is 11.6 Å². The predicted octanol–water partition coefficient (Wildman–Crippen LogP) is 2.42. The van der Waals surface area contributed by atoms with E-state index in [4.69, 9.17) is 21.1 Å². The second-order valence-corrected chi connectivity index (χ2v) is 6.47. The number of aryl methyl sites for hydroxylation is 1. The maximum absolute atomic E-state index is 12.0. The van der Waals surface area contributed by atoms with Crippen molar-refractivity contribution in [1.82, 2.24) is 4.72 Å². The Bertz CT molecular complexity index is 764. The highest BCUT2D eigenvalue weighted by atomic mass is 35.5. The average Bonchev–Trinajstić information content (AvgIpc) is 2.79. The highest BCUT2D eigenvalue weighted by molar-refractivity contribution is 7.89. The topological polar surface area (TPSA) is 96.6 Å². The molecule has 0 aliphatic heterocycles. The van der Waals surface area contributed by atoms with Crippen molar-refractivity contribution in [3.63, 3.8) is 0 Å². The Morgan fingerprint density at radius 3 is 2.48 bits per heavy atom. The van der Waals surface area contributed by atoms with Gasteiger partial charge in [-0.05, 0) is 37.3 Å². The van der Waals surface area contributed by atoms with Crippen LogP contribution in [0.5, 0.6) is 0 Å². The van der Waals surface area contributed by atoms with Gasteiger partial charge in [-0.3, -0.25) is 0 Å². The van der Waals surface area contributed by atoms with Crippen molar-refractivity contribution in [2.45, 2.75) is 18.4 Å². The number of carbonyl (C=O) groups is 1. The molecule has 1 aromatic carbocycles. The molecule has 2 N–H and O–H groups in total. The van der Waals surface area contributed by atoms with E-state index in [1.807, 2.05) is 0 Å². The molecule has 21 heavy (non-hydrogen) atoms. The van der Waals surface area contributed by atoms with Gasteiger partial charge in [0.05, 0.1) is 11.4 Å². The Morgan fingerprint density at radius 1 is 1.33 bits per heavy atom. The van der Waals surface area contributed by atoms with E-state index in [2.05, 4.69) is 4.72 Å². The summed E-state index contributed by atoms with van der Waals surface area (Å²) in [6, 6.07) is 6.98. The Morgan fingerprint density at radius 2 is 1.95 bits per heavy atom. The van der Waals surface area contributed by atoms with Crippen molar-refractivity contribution in [2.24, 2.45) is 0 Å². The third-order valence-electron chi connectivity index (χ3n) is 2.76. The Labute approximate surface area is 126 Å². The maximum atomic E-state index is 12.0. The van der Waals surface area contributed by atoms with Gasteiger partial charge in [-0.2, -0.15) is 0 Å². The number of aromatic carboxylic acids is 1. The first-order valence-electron chi connectivity index (χ1n) is 5.87. The van der Waals surface area contributed by atoms with Crippen LogP contribution in [0.4, 0.5) is 0 Å². The van der Waals surface area contributed by atoms with Crippen molar-refractivity contribution >= 4 is 27.6 Å². The number of carboxylic acids is 1. The summed E-state index contributed by atoms with van der Waals surface area (Å²) in [4.78, 5) is 10.9. The summed E-state index contributed by atoms with van der Waals surface area (Å²) in [6.07, 6.45) is 0. The lowest BCUT2D eigenvalue weighted by Crippen LogP contribution is -2.22. The molecule has 0 unspecified atom stereocenters. The second kappa shape index (κ2) is 5.88. The molecule has 112 valence electrons. The molecule has 6 nitrogen and oxygen atoms in total. The summed E-state index contributed by atoms with van der Waals surface area (Å²) in [5.74, 6) is -0.673. The lowest BCUT2D eigenvalue weighted by atomic mass is 10.2. The first-order chi connectivity index (χ1) is 9.79. The molecule has 0 amide bonds. The van der Waals surface area contributed by atoms with E-state index in [-0.39, 0.29) is 28.5 Å². The van der Waals surface area contributed by atoms with E-state index in [1.54, 1.807) is 0 Å². The minimum Gasteiger partial charge on any atom is -0.478 e. The van der Waals surface area contributed by atoms with Gasteiger partial charge in [0.1, 0.15) is 17.1 Å². The fourth-order valence-electron chi connectivity index (χ4n) is 1.71. The minimum atomic E-state index is -3.72. The second-order valence-electron chi connectivity index (χ2n) is 4.27. The number of nitrogens with one attached hydrogen (secondary N) is 1. The van der Waals surface area contributed by atoms with Crippen LogP contribution in [0.3, 0.4) is 0 Å². The number of hydrogen-bond donors (Lipinski definition) is 2. The summed E-state index contributed by atoms with van der Waals surface area (Å²) in [6.45, 7) is 1.36. The molecule has 2 rings (SSSR count). The quantitative estimate of drug-likeness (QED) is 0.878. The number of hydrogen-bond acceptors (Lipinski definition) is 4. The highest BCUT2D eigenvalue weighted by Crippen LogP contribution is 2.17. The van der Waals surface area contributed by atoms with Crippen LogP contribution >= 0.6 is 11.6 Å². The van der Waals surface area contributed by atoms with Gasteiger partial charge in [0, 0.05) is 5.02 Å². The fourth-order valence-corrected chi connectivity index (χ4v) is 2.83. The third-order valence-corrected chi connectivity index (χ3v) is 4.43. The molecule has 0 radical (unpaired) electrons. The molecule has 2 aromatic rings. The molecule has 0 fully saturated rings. The fraction of sp³-hybridized carbons (Fsp3) is 0.154. The van der Waals surface area contributed by atoms with E-state index >= 15 is 0 Å². The third kappa shape index (κ3) is 3.63. The zero-order valence-electron chi connectivity index (χ0n) is 11.0. The van der Waals surface area contributed by atoms with E-state index in [1.165, 1.54) is 37.3 Å². The van der Waals surface area contributed by atoms with Crippen molar-refractivity contribution in [3.05, 3.63) is 52.4 Å². The molecule has 1 aromatic heterocycles. The van der Waals surface area contributed by atoms with Gasteiger partial charge in [-0.25, -0.2) is 17.9 Å². The number of carboxylic acid groups (broad SMARTS) is 1. The zero-order chi connectivity index (χ0) is 15.6. The van der Waals surface area contributed by atoms with Crippen LogP contribution in [0.2, 0.25) is 5.02 Å². The van der Waals surface area contributed by atoms with Gasteiger partial charge < -0.3 is 9.52 Å². The molecular weight excluding hydrogens is 318 g/mol. The zero-order valence-corrected chi connectivity index (χ0v) is 12.5. The molecule has 0 bridgehead atoms. The van der Waals surface area contributed by atoms with Gasteiger partial charge in [0.15, 0.2) is 0 Å².